The van der Waals surface area contributed by atoms with Crippen LogP contribution in [0.5, 0.6) is 5.75 Å². The van der Waals surface area contributed by atoms with Gasteiger partial charge in [0.05, 0.1) is 12.7 Å². The average Bonchev–Trinajstić information content (AvgIpc) is 2.81. The van der Waals surface area contributed by atoms with Crippen molar-refractivity contribution in [3.8, 4) is 5.75 Å². The molecule has 1 aliphatic heterocycles. The van der Waals surface area contributed by atoms with E-state index in [-0.39, 0.29) is 5.91 Å². The second-order valence-corrected chi connectivity index (χ2v) is 5.27. The smallest absolute Gasteiger partial charge is 0.255 e. The van der Waals surface area contributed by atoms with Crippen molar-refractivity contribution in [1.82, 2.24) is 10.2 Å². The molecule has 4 nitrogen and oxygen atoms in total. The van der Waals surface area contributed by atoms with Gasteiger partial charge in [-0.15, -0.1) is 0 Å². The van der Waals surface area contributed by atoms with Crippen LogP contribution in [0.1, 0.15) is 23.2 Å². The van der Waals surface area contributed by atoms with Gasteiger partial charge >= 0.3 is 0 Å². The van der Waals surface area contributed by atoms with Gasteiger partial charge in [0, 0.05) is 17.6 Å². The Kier molecular flexibility index (Phi) is 4.66. The summed E-state index contributed by atoms with van der Waals surface area (Å²) in [5.41, 5.74) is 0.521. The zero-order valence-corrected chi connectivity index (χ0v) is 12.0. The van der Waals surface area contributed by atoms with E-state index in [1.54, 1.807) is 18.2 Å². The highest BCUT2D eigenvalue weighted by Crippen LogP contribution is 2.23. The molecule has 1 aromatic rings. The number of benzene rings is 1. The summed E-state index contributed by atoms with van der Waals surface area (Å²) in [5, 5.41) is 3.52. The summed E-state index contributed by atoms with van der Waals surface area (Å²) in [5.74, 6) is 0.388. The zero-order chi connectivity index (χ0) is 13.8. The topological polar surface area (TPSA) is 41.6 Å². The van der Waals surface area contributed by atoms with Crippen LogP contribution >= 0.6 is 11.6 Å². The molecule has 0 aromatic heterocycles. The van der Waals surface area contributed by atoms with Gasteiger partial charge < -0.3 is 15.0 Å². The molecule has 0 aliphatic carbocycles. The minimum atomic E-state index is -0.117. The first-order chi connectivity index (χ1) is 9.11. The van der Waals surface area contributed by atoms with E-state index >= 15 is 0 Å². The number of hydrogen-bond donors (Lipinski definition) is 1. The molecule has 1 atom stereocenters. The molecule has 1 saturated heterocycles. The molecule has 0 bridgehead atoms. The summed E-state index contributed by atoms with van der Waals surface area (Å²) < 4.78 is 5.18. The summed E-state index contributed by atoms with van der Waals surface area (Å²) >= 11 is 5.88. The first kappa shape index (κ1) is 14.2. The highest BCUT2D eigenvalue weighted by Gasteiger charge is 2.22. The molecule has 2 rings (SSSR count). The lowest BCUT2D eigenvalue weighted by Gasteiger charge is -2.20. The lowest BCUT2D eigenvalue weighted by molar-refractivity contribution is 0.0940. The number of ether oxygens (including phenoxy) is 1. The number of likely N-dealkylation sites (tertiary alicyclic amines) is 1. The maximum atomic E-state index is 12.1. The van der Waals surface area contributed by atoms with Crippen LogP contribution in [0.25, 0.3) is 0 Å². The molecule has 1 aromatic carbocycles. The van der Waals surface area contributed by atoms with Crippen molar-refractivity contribution in [3.63, 3.8) is 0 Å². The van der Waals surface area contributed by atoms with Gasteiger partial charge in [0.1, 0.15) is 5.75 Å². The fourth-order valence-electron chi connectivity index (χ4n) is 2.40. The highest BCUT2D eigenvalue weighted by molar-refractivity contribution is 6.30. The Labute approximate surface area is 118 Å². The Hall–Kier alpha value is -1.26. The number of carbonyl (C=O) groups is 1. The molecule has 1 aliphatic rings. The van der Waals surface area contributed by atoms with E-state index in [9.17, 15) is 4.79 Å². The van der Waals surface area contributed by atoms with Crippen molar-refractivity contribution in [2.24, 2.45) is 0 Å². The van der Waals surface area contributed by atoms with Crippen molar-refractivity contribution in [3.05, 3.63) is 28.8 Å². The van der Waals surface area contributed by atoms with E-state index in [1.165, 1.54) is 13.5 Å². The van der Waals surface area contributed by atoms with Crippen molar-refractivity contribution in [1.29, 1.82) is 0 Å². The van der Waals surface area contributed by atoms with Crippen LogP contribution in [0.2, 0.25) is 5.02 Å². The Balaban J connectivity index is 1.99. The SMILES string of the molecule is COc1cc(Cl)ccc1C(=O)NCC1CCCN1C. The average molecular weight is 283 g/mol. The highest BCUT2D eigenvalue weighted by atomic mass is 35.5. The summed E-state index contributed by atoms with van der Waals surface area (Å²) in [7, 11) is 3.62. The molecule has 1 fully saturated rings. The minimum absolute atomic E-state index is 0.117. The van der Waals surface area contributed by atoms with E-state index < -0.39 is 0 Å². The lowest BCUT2D eigenvalue weighted by Crippen LogP contribution is -2.38. The molecule has 1 amide bonds. The molecule has 0 saturated carbocycles. The lowest BCUT2D eigenvalue weighted by atomic mass is 10.1. The van der Waals surface area contributed by atoms with Gasteiger partial charge in [0.25, 0.3) is 5.91 Å². The fraction of sp³-hybridized carbons (Fsp3) is 0.500. The van der Waals surface area contributed by atoms with E-state index in [4.69, 9.17) is 16.3 Å². The van der Waals surface area contributed by atoms with Crippen LogP contribution in [0.15, 0.2) is 18.2 Å². The Morgan fingerprint density at radius 2 is 2.37 bits per heavy atom. The van der Waals surface area contributed by atoms with Crippen molar-refractivity contribution < 1.29 is 9.53 Å². The second-order valence-electron chi connectivity index (χ2n) is 4.83. The van der Waals surface area contributed by atoms with Crippen LogP contribution in [-0.4, -0.2) is 44.1 Å². The van der Waals surface area contributed by atoms with Crippen molar-refractivity contribution >= 4 is 17.5 Å². The van der Waals surface area contributed by atoms with Gasteiger partial charge in [-0.2, -0.15) is 0 Å². The number of nitrogens with one attached hydrogen (secondary N) is 1. The van der Waals surface area contributed by atoms with Crippen LogP contribution in [0.3, 0.4) is 0 Å². The second kappa shape index (κ2) is 6.26. The van der Waals surface area contributed by atoms with Crippen LogP contribution in [0, 0.1) is 0 Å². The van der Waals surface area contributed by atoms with Gasteiger partial charge in [0.2, 0.25) is 0 Å². The van der Waals surface area contributed by atoms with Crippen molar-refractivity contribution in [2.75, 3.05) is 27.2 Å². The summed E-state index contributed by atoms with van der Waals surface area (Å²) in [6, 6.07) is 5.47. The molecule has 0 spiro atoms. The van der Waals surface area contributed by atoms with Crippen LogP contribution < -0.4 is 10.1 Å². The Morgan fingerprint density at radius 1 is 1.58 bits per heavy atom. The van der Waals surface area contributed by atoms with E-state index in [0.29, 0.717) is 28.9 Å². The third-order valence-electron chi connectivity index (χ3n) is 3.58. The monoisotopic (exact) mass is 282 g/mol. The molecular weight excluding hydrogens is 264 g/mol. The fourth-order valence-corrected chi connectivity index (χ4v) is 2.56. The maximum absolute atomic E-state index is 12.1. The van der Waals surface area contributed by atoms with E-state index in [2.05, 4.69) is 17.3 Å². The first-order valence-electron chi connectivity index (χ1n) is 6.44. The number of nitrogens with zero attached hydrogens (tertiary/aromatic N) is 1. The number of rotatable bonds is 4. The Morgan fingerprint density at radius 3 is 3.00 bits per heavy atom. The van der Waals surface area contributed by atoms with E-state index in [1.807, 2.05) is 0 Å². The maximum Gasteiger partial charge on any atom is 0.255 e. The number of carbonyl (C=O) groups excluding carboxylic acids is 1. The van der Waals surface area contributed by atoms with Crippen molar-refractivity contribution in [2.45, 2.75) is 18.9 Å². The molecule has 1 heterocycles. The number of methoxy groups -OCH3 is 1. The predicted octanol–water partition coefficient (Wildman–Crippen LogP) is 2.17. The third kappa shape index (κ3) is 3.39. The quantitative estimate of drug-likeness (QED) is 0.920. The largest absolute Gasteiger partial charge is 0.496 e. The number of likely N-dealkylation sites (N-methyl/N-ethyl adjacent to an activating group) is 1. The molecule has 0 radical (unpaired) electrons. The summed E-state index contributed by atoms with van der Waals surface area (Å²) in [6.45, 7) is 1.77. The number of halogens is 1. The standard InChI is InChI=1S/C14H19ClN2O2/c1-17-7-3-4-11(17)9-16-14(18)12-6-5-10(15)8-13(12)19-2/h5-6,8,11H,3-4,7,9H2,1-2H3,(H,16,18). The number of amides is 1. The van der Waals surface area contributed by atoms with E-state index in [0.717, 1.165) is 13.0 Å². The van der Waals surface area contributed by atoms with Crippen LogP contribution in [-0.2, 0) is 0 Å². The van der Waals surface area contributed by atoms with Gasteiger partial charge in [-0.05, 0) is 44.6 Å². The van der Waals surface area contributed by atoms with Gasteiger partial charge in [0.15, 0.2) is 0 Å². The van der Waals surface area contributed by atoms with Crippen LogP contribution in [0.4, 0.5) is 0 Å². The summed E-state index contributed by atoms with van der Waals surface area (Å²) in [6.07, 6.45) is 2.33. The zero-order valence-electron chi connectivity index (χ0n) is 11.3. The molecular formula is C14H19ClN2O2. The first-order valence-corrected chi connectivity index (χ1v) is 6.81. The molecule has 19 heavy (non-hydrogen) atoms. The molecule has 104 valence electrons. The number of hydrogen-bond acceptors (Lipinski definition) is 3. The molecule has 5 heteroatoms. The normalized spacial score (nSPS) is 19.4. The van der Waals surface area contributed by atoms with Gasteiger partial charge in [-0.25, -0.2) is 0 Å². The van der Waals surface area contributed by atoms with Gasteiger partial charge in [-0.3, -0.25) is 4.79 Å². The Bertz CT molecular complexity index is 465. The molecule has 1 N–H and O–H groups in total. The predicted molar refractivity (Wildman–Crippen MR) is 76.0 cm³/mol. The summed E-state index contributed by atoms with van der Waals surface area (Å²) in [4.78, 5) is 14.4. The molecule has 1 unspecified atom stereocenters. The minimum Gasteiger partial charge on any atom is -0.496 e. The third-order valence-corrected chi connectivity index (χ3v) is 3.81. The van der Waals surface area contributed by atoms with Gasteiger partial charge in [-0.1, -0.05) is 11.6 Å².